The Kier molecular flexibility index (Phi) is 7.42. The lowest BCUT2D eigenvalue weighted by molar-refractivity contribution is -0.123. The summed E-state index contributed by atoms with van der Waals surface area (Å²) in [6.07, 6.45) is 0.676. The number of urea groups is 1. The fraction of sp³-hybridized carbons (Fsp3) is 0.188. The molecule has 0 bridgehead atoms. The molecule has 0 radical (unpaired) electrons. The van der Waals surface area contributed by atoms with Crippen LogP contribution < -0.4 is 10.6 Å². The Bertz CT molecular complexity index is 768. The zero-order valence-corrected chi connectivity index (χ0v) is 16.0. The average molecular weight is 446 g/mol. The molecule has 3 amide bonds. The molecule has 0 aliphatic heterocycles. The first-order valence-corrected chi connectivity index (χ1v) is 9.23. The van der Waals surface area contributed by atoms with Crippen molar-refractivity contribution in [3.8, 4) is 0 Å². The number of carbonyl (C=O) groups is 3. The summed E-state index contributed by atoms with van der Waals surface area (Å²) in [5.41, 5.74) is 0.129. The molecule has 1 aromatic heterocycles. The molecule has 0 saturated heterocycles. The summed E-state index contributed by atoms with van der Waals surface area (Å²) in [7, 11) is 0. The van der Waals surface area contributed by atoms with E-state index in [4.69, 9.17) is 16.3 Å². The van der Waals surface area contributed by atoms with Gasteiger partial charge in [0.05, 0.1) is 10.6 Å². The zero-order chi connectivity index (χ0) is 18.2. The third-order valence-corrected chi connectivity index (χ3v) is 4.73. The molecule has 25 heavy (non-hydrogen) atoms. The largest absolute Gasteiger partial charge is 0.452 e. The van der Waals surface area contributed by atoms with Crippen molar-refractivity contribution >= 4 is 56.8 Å². The van der Waals surface area contributed by atoms with Crippen LogP contribution in [0.4, 0.5) is 4.79 Å². The standard InChI is InChI=1S/C16H14BrClN2O4S/c17-10-3-4-13(18)12(8-10)15(22)24-9-14(21)20-16(23)19-6-5-11-2-1-7-25-11/h1-4,7-8H,5-6,9H2,(H2,19,20,21,23). The molecule has 0 saturated carbocycles. The molecule has 1 aromatic carbocycles. The molecule has 2 N–H and O–H groups in total. The summed E-state index contributed by atoms with van der Waals surface area (Å²) in [5, 5.41) is 6.80. The van der Waals surface area contributed by atoms with Gasteiger partial charge in [0.1, 0.15) is 0 Å². The van der Waals surface area contributed by atoms with Crippen molar-refractivity contribution in [2.24, 2.45) is 0 Å². The van der Waals surface area contributed by atoms with E-state index in [9.17, 15) is 14.4 Å². The van der Waals surface area contributed by atoms with Gasteiger partial charge in [-0.05, 0) is 36.1 Å². The number of ether oxygens (including phenoxy) is 1. The van der Waals surface area contributed by atoms with Crippen molar-refractivity contribution in [1.29, 1.82) is 0 Å². The number of nitrogens with one attached hydrogen (secondary N) is 2. The van der Waals surface area contributed by atoms with E-state index in [1.54, 1.807) is 17.4 Å². The fourth-order valence-electron chi connectivity index (χ4n) is 1.82. The van der Waals surface area contributed by atoms with Crippen LogP contribution in [-0.2, 0) is 16.0 Å². The maximum Gasteiger partial charge on any atom is 0.340 e. The van der Waals surface area contributed by atoms with Gasteiger partial charge in [-0.25, -0.2) is 9.59 Å². The number of thiophene rings is 1. The van der Waals surface area contributed by atoms with Crippen LogP contribution >= 0.6 is 38.9 Å². The first-order valence-electron chi connectivity index (χ1n) is 7.18. The van der Waals surface area contributed by atoms with Crippen molar-refractivity contribution in [2.45, 2.75) is 6.42 Å². The van der Waals surface area contributed by atoms with Gasteiger partial charge in [0.15, 0.2) is 6.61 Å². The maximum absolute atomic E-state index is 11.9. The third-order valence-electron chi connectivity index (χ3n) is 2.97. The van der Waals surface area contributed by atoms with E-state index in [2.05, 4.69) is 26.6 Å². The van der Waals surface area contributed by atoms with E-state index >= 15 is 0 Å². The molecule has 0 unspecified atom stereocenters. The van der Waals surface area contributed by atoms with Crippen LogP contribution in [0.15, 0.2) is 40.2 Å². The highest BCUT2D eigenvalue weighted by molar-refractivity contribution is 9.10. The van der Waals surface area contributed by atoms with Crippen molar-refractivity contribution in [3.63, 3.8) is 0 Å². The van der Waals surface area contributed by atoms with Gasteiger partial charge < -0.3 is 10.1 Å². The monoisotopic (exact) mass is 444 g/mol. The number of imide groups is 1. The molecule has 0 aliphatic rings. The minimum Gasteiger partial charge on any atom is -0.452 e. The molecule has 6 nitrogen and oxygen atoms in total. The molecule has 0 atom stereocenters. The van der Waals surface area contributed by atoms with Crippen LogP contribution in [0.2, 0.25) is 5.02 Å². The minimum absolute atomic E-state index is 0.129. The molecule has 9 heteroatoms. The minimum atomic E-state index is -0.750. The molecule has 2 aromatic rings. The Labute approximate surface area is 161 Å². The predicted octanol–water partition coefficient (Wildman–Crippen LogP) is 3.39. The molecule has 132 valence electrons. The van der Waals surface area contributed by atoms with Crippen molar-refractivity contribution in [3.05, 3.63) is 55.6 Å². The lowest BCUT2D eigenvalue weighted by atomic mass is 10.2. The molecular weight excluding hydrogens is 432 g/mol. The van der Waals surface area contributed by atoms with E-state index in [-0.39, 0.29) is 10.6 Å². The van der Waals surface area contributed by atoms with Crippen LogP contribution in [0, 0.1) is 0 Å². The van der Waals surface area contributed by atoms with Crippen LogP contribution in [0.25, 0.3) is 0 Å². The van der Waals surface area contributed by atoms with Crippen molar-refractivity contribution < 1.29 is 19.1 Å². The lowest BCUT2D eigenvalue weighted by Gasteiger charge is -2.08. The van der Waals surface area contributed by atoms with Gasteiger partial charge in [-0.3, -0.25) is 10.1 Å². The molecule has 1 heterocycles. The van der Waals surface area contributed by atoms with E-state index in [1.807, 2.05) is 17.5 Å². The molecule has 2 rings (SSSR count). The number of benzene rings is 1. The Balaban J connectivity index is 1.71. The Morgan fingerprint density at radius 3 is 2.76 bits per heavy atom. The van der Waals surface area contributed by atoms with Gasteiger partial charge in [0.25, 0.3) is 5.91 Å². The van der Waals surface area contributed by atoms with Crippen LogP contribution in [-0.4, -0.2) is 31.1 Å². The second-order valence-corrected chi connectivity index (χ2v) is 7.19. The number of hydrogen-bond donors (Lipinski definition) is 2. The SMILES string of the molecule is O=C(COC(=O)c1cc(Br)ccc1Cl)NC(=O)NCCc1cccs1. The van der Waals surface area contributed by atoms with Crippen LogP contribution in [0.3, 0.4) is 0 Å². The van der Waals surface area contributed by atoms with Gasteiger partial charge in [-0.15, -0.1) is 11.3 Å². The third kappa shape index (κ3) is 6.49. The quantitative estimate of drug-likeness (QED) is 0.668. The first-order chi connectivity index (χ1) is 12.0. The number of carbonyl (C=O) groups excluding carboxylic acids is 3. The van der Waals surface area contributed by atoms with Gasteiger partial charge in [-0.2, -0.15) is 0 Å². The zero-order valence-electron chi connectivity index (χ0n) is 12.9. The summed E-state index contributed by atoms with van der Waals surface area (Å²) in [6, 6.07) is 7.94. The predicted molar refractivity (Wildman–Crippen MR) is 99.0 cm³/mol. The normalized spacial score (nSPS) is 10.2. The Hall–Kier alpha value is -1.90. The van der Waals surface area contributed by atoms with Crippen molar-refractivity contribution in [1.82, 2.24) is 10.6 Å². The van der Waals surface area contributed by atoms with Gasteiger partial charge in [-0.1, -0.05) is 33.6 Å². The summed E-state index contributed by atoms with van der Waals surface area (Å²) in [6.45, 7) is -0.187. The number of rotatable bonds is 6. The number of halogens is 2. The van der Waals surface area contributed by atoms with Gasteiger partial charge in [0.2, 0.25) is 0 Å². The highest BCUT2D eigenvalue weighted by atomic mass is 79.9. The van der Waals surface area contributed by atoms with E-state index in [0.29, 0.717) is 17.4 Å². The molecule has 0 fully saturated rings. The molecule has 0 aliphatic carbocycles. The van der Waals surface area contributed by atoms with Crippen molar-refractivity contribution in [2.75, 3.05) is 13.2 Å². The summed E-state index contributed by atoms with van der Waals surface area (Å²) in [5.74, 6) is -1.48. The van der Waals surface area contributed by atoms with E-state index in [0.717, 1.165) is 4.88 Å². The van der Waals surface area contributed by atoms with E-state index < -0.39 is 24.5 Å². The first kappa shape index (κ1) is 19.4. The topological polar surface area (TPSA) is 84.5 Å². The summed E-state index contributed by atoms with van der Waals surface area (Å²) < 4.78 is 5.51. The highest BCUT2D eigenvalue weighted by Crippen LogP contribution is 2.21. The van der Waals surface area contributed by atoms with Gasteiger partial charge >= 0.3 is 12.0 Å². The Morgan fingerprint density at radius 1 is 1.24 bits per heavy atom. The fourth-order valence-corrected chi connectivity index (χ4v) is 3.09. The second-order valence-electron chi connectivity index (χ2n) is 4.83. The van der Waals surface area contributed by atoms with E-state index in [1.165, 1.54) is 12.1 Å². The number of amides is 3. The van der Waals surface area contributed by atoms with Crippen LogP contribution in [0.1, 0.15) is 15.2 Å². The molecular formula is C16H14BrClN2O4S. The molecule has 0 spiro atoms. The maximum atomic E-state index is 11.9. The highest BCUT2D eigenvalue weighted by Gasteiger charge is 2.15. The number of esters is 1. The number of hydrogen-bond acceptors (Lipinski definition) is 5. The average Bonchev–Trinajstić information content (AvgIpc) is 3.08. The summed E-state index contributed by atoms with van der Waals surface area (Å²) >= 11 is 10.7. The van der Waals surface area contributed by atoms with Gasteiger partial charge in [0, 0.05) is 15.9 Å². The van der Waals surface area contributed by atoms with Crippen LogP contribution in [0.5, 0.6) is 0 Å². The summed E-state index contributed by atoms with van der Waals surface area (Å²) in [4.78, 5) is 36.3. The Morgan fingerprint density at radius 2 is 2.04 bits per heavy atom. The lowest BCUT2D eigenvalue weighted by Crippen LogP contribution is -2.42. The second kappa shape index (κ2) is 9.55. The smallest absolute Gasteiger partial charge is 0.340 e.